The monoisotopic (exact) mass is 257 g/mol. The van der Waals surface area contributed by atoms with Gasteiger partial charge in [-0.2, -0.15) is 0 Å². The van der Waals surface area contributed by atoms with Crippen molar-refractivity contribution >= 4 is 0 Å². The van der Waals surface area contributed by atoms with Gasteiger partial charge in [-0.25, -0.2) is 9.97 Å². The number of hydrogen-bond donors (Lipinski definition) is 0. The molecule has 0 atom stereocenters. The van der Waals surface area contributed by atoms with Crippen LogP contribution in [0.5, 0.6) is 5.75 Å². The summed E-state index contributed by atoms with van der Waals surface area (Å²) in [4.78, 5) is 13.2. The molecule has 100 valence electrons. The van der Waals surface area contributed by atoms with Crippen molar-refractivity contribution in [1.29, 1.82) is 0 Å². The number of ether oxygens (including phenoxy) is 1. The van der Waals surface area contributed by atoms with E-state index in [9.17, 15) is 0 Å². The topological polar surface area (TPSA) is 47.9 Å². The van der Waals surface area contributed by atoms with E-state index < -0.39 is 0 Å². The van der Waals surface area contributed by atoms with Crippen molar-refractivity contribution in [2.45, 2.75) is 32.6 Å². The standard InChI is InChI=1S/C15H19N3O/c1-3-4-5-8-12-14(19-2)11-17-15(18-12)13-9-6-7-10-16-13/h6-7,9-11H,3-5,8H2,1-2H3. The van der Waals surface area contributed by atoms with E-state index in [2.05, 4.69) is 21.9 Å². The molecule has 0 aliphatic carbocycles. The highest BCUT2D eigenvalue weighted by Crippen LogP contribution is 2.20. The first kappa shape index (κ1) is 13.5. The van der Waals surface area contributed by atoms with E-state index in [-0.39, 0.29) is 0 Å². The Hall–Kier alpha value is -1.97. The minimum absolute atomic E-state index is 0.660. The molecule has 0 aromatic carbocycles. The van der Waals surface area contributed by atoms with E-state index >= 15 is 0 Å². The highest BCUT2D eigenvalue weighted by molar-refractivity contribution is 5.49. The third-order valence-corrected chi connectivity index (χ3v) is 2.96. The van der Waals surface area contributed by atoms with Crippen LogP contribution in [-0.2, 0) is 6.42 Å². The maximum atomic E-state index is 5.32. The molecule has 2 aromatic rings. The highest BCUT2D eigenvalue weighted by Gasteiger charge is 2.09. The van der Waals surface area contributed by atoms with Gasteiger partial charge in [0.25, 0.3) is 0 Å². The quantitative estimate of drug-likeness (QED) is 0.745. The molecule has 0 radical (unpaired) electrons. The van der Waals surface area contributed by atoms with Gasteiger partial charge in [0.2, 0.25) is 0 Å². The Kier molecular flexibility index (Phi) is 4.84. The van der Waals surface area contributed by atoms with Crippen LogP contribution < -0.4 is 4.74 Å². The molecule has 4 nitrogen and oxygen atoms in total. The van der Waals surface area contributed by atoms with Crippen molar-refractivity contribution in [2.24, 2.45) is 0 Å². The molecule has 2 heterocycles. The fourth-order valence-corrected chi connectivity index (χ4v) is 1.92. The van der Waals surface area contributed by atoms with Crippen molar-refractivity contribution in [2.75, 3.05) is 7.11 Å². The van der Waals surface area contributed by atoms with Gasteiger partial charge in [0.1, 0.15) is 5.69 Å². The predicted molar refractivity (Wildman–Crippen MR) is 75.0 cm³/mol. The van der Waals surface area contributed by atoms with Crippen molar-refractivity contribution in [3.63, 3.8) is 0 Å². The zero-order valence-corrected chi connectivity index (χ0v) is 11.5. The van der Waals surface area contributed by atoms with Gasteiger partial charge < -0.3 is 4.74 Å². The zero-order chi connectivity index (χ0) is 13.5. The first-order valence-electron chi connectivity index (χ1n) is 6.66. The third-order valence-electron chi connectivity index (χ3n) is 2.96. The smallest absolute Gasteiger partial charge is 0.178 e. The van der Waals surface area contributed by atoms with Crippen molar-refractivity contribution in [3.05, 3.63) is 36.3 Å². The first-order chi connectivity index (χ1) is 9.35. The molecule has 0 unspecified atom stereocenters. The molecule has 0 N–H and O–H groups in total. The second-order valence-electron chi connectivity index (χ2n) is 4.38. The largest absolute Gasteiger partial charge is 0.493 e. The number of aromatic nitrogens is 3. The number of rotatable bonds is 6. The molecule has 0 spiro atoms. The maximum Gasteiger partial charge on any atom is 0.178 e. The maximum absolute atomic E-state index is 5.32. The Morgan fingerprint density at radius 1 is 1.16 bits per heavy atom. The molecule has 0 bridgehead atoms. The van der Waals surface area contributed by atoms with Crippen LogP contribution in [0.3, 0.4) is 0 Å². The molecule has 0 aliphatic rings. The number of methoxy groups -OCH3 is 1. The lowest BCUT2D eigenvalue weighted by Gasteiger charge is -2.08. The van der Waals surface area contributed by atoms with Gasteiger partial charge in [0.05, 0.1) is 19.0 Å². The van der Waals surface area contributed by atoms with Gasteiger partial charge in [-0.1, -0.05) is 25.8 Å². The first-order valence-corrected chi connectivity index (χ1v) is 6.66. The van der Waals surface area contributed by atoms with Gasteiger partial charge in [-0.3, -0.25) is 4.98 Å². The Morgan fingerprint density at radius 3 is 2.74 bits per heavy atom. The Morgan fingerprint density at radius 2 is 2.05 bits per heavy atom. The van der Waals surface area contributed by atoms with Gasteiger partial charge in [-0.15, -0.1) is 0 Å². The summed E-state index contributed by atoms with van der Waals surface area (Å²) in [6.07, 6.45) is 7.91. The summed E-state index contributed by atoms with van der Waals surface area (Å²) in [6, 6.07) is 5.74. The van der Waals surface area contributed by atoms with Crippen molar-refractivity contribution < 1.29 is 4.74 Å². The van der Waals surface area contributed by atoms with Crippen LogP contribution in [-0.4, -0.2) is 22.1 Å². The predicted octanol–water partition coefficient (Wildman–Crippen LogP) is 3.28. The molecule has 2 aromatic heterocycles. The summed E-state index contributed by atoms with van der Waals surface area (Å²) < 4.78 is 5.32. The summed E-state index contributed by atoms with van der Waals surface area (Å²) in [5.41, 5.74) is 1.76. The van der Waals surface area contributed by atoms with Crippen LogP contribution in [0, 0.1) is 0 Å². The summed E-state index contributed by atoms with van der Waals surface area (Å²) in [5, 5.41) is 0. The Labute approximate surface area is 113 Å². The molecule has 0 fully saturated rings. The minimum atomic E-state index is 0.660. The Bertz CT molecular complexity index is 514. The third kappa shape index (κ3) is 3.50. The Balaban J connectivity index is 2.25. The van der Waals surface area contributed by atoms with E-state index in [0.29, 0.717) is 5.82 Å². The number of aryl methyl sites for hydroxylation is 1. The van der Waals surface area contributed by atoms with E-state index in [0.717, 1.165) is 30.0 Å². The average molecular weight is 257 g/mol. The van der Waals surface area contributed by atoms with Crippen molar-refractivity contribution in [1.82, 2.24) is 15.0 Å². The summed E-state index contributed by atoms with van der Waals surface area (Å²) in [6.45, 7) is 2.19. The summed E-state index contributed by atoms with van der Waals surface area (Å²) in [5.74, 6) is 1.42. The van der Waals surface area contributed by atoms with E-state index in [1.807, 2.05) is 18.2 Å². The normalized spacial score (nSPS) is 10.4. The second kappa shape index (κ2) is 6.83. The number of pyridine rings is 1. The molecule has 4 heteroatoms. The molecule has 0 aliphatic heterocycles. The zero-order valence-electron chi connectivity index (χ0n) is 11.5. The van der Waals surface area contributed by atoms with Crippen LogP contribution in [0.1, 0.15) is 31.9 Å². The molecule has 19 heavy (non-hydrogen) atoms. The van der Waals surface area contributed by atoms with E-state index in [4.69, 9.17) is 4.74 Å². The van der Waals surface area contributed by atoms with Crippen LogP contribution in [0.15, 0.2) is 30.6 Å². The average Bonchev–Trinajstić information content (AvgIpc) is 2.48. The second-order valence-corrected chi connectivity index (χ2v) is 4.38. The van der Waals surface area contributed by atoms with Crippen LogP contribution in [0.25, 0.3) is 11.5 Å². The van der Waals surface area contributed by atoms with Crippen LogP contribution in [0.4, 0.5) is 0 Å². The molecule has 0 saturated heterocycles. The van der Waals surface area contributed by atoms with Gasteiger partial charge in [-0.05, 0) is 25.0 Å². The van der Waals surface area contributed by atoms with Gasteiger partial charge >= 0.3 is 0 Å². The molecule has 0 saturated carbocycles. The fourth-order valence-electron chi connectivity index (χ4n) is 1.92. The lowest BCUT2D eigenvalue weighted by Crippen LogP contribution is -2.01. The van der Waals surface area contributed by atoms with E-state index in [1.54, 1.807) is 19.5 Å². The molecule has 0 amide bonds. The summed E-state index contributed by atoms with van der Waals surface area (Å²) in [7, 11) is 1.66. The number of nitrogens with zero attached hydrogens (tertiary/aromatic N) is 3. The minimum Gasteiger partial charge on any atom is -0.493 e. The van der Waals surface area contributed by atoms with E-state index in [1.165, 1.54) is 12.8 Å². The van der Waals surface area contributed by atoms with Crippen LogP contribution >= 0.6 is 0 Å². The SMILES string of the molecule is CCCCCc1nc(-c2ccccn2)ncc1OC. The van der Waals surface area contributed by atoms with Crippen molar-refractivity contribution in [3.8, 4) is 17.3 Å². The highest BCUT2D eigenvalue weighted by atomic mass is 16.5. The van der Waals surface area contributed by atoms with Gasteiger partial charge in [0, 0.05) is 6.20 Å². The molecular formula is C15H19N3O. The molecular weight excluding hydrogens is 238 g/mol. The number of unbranched alkanes of at least 4 members (excludes halogenated alkanes) is 2. The molecule has 2 rings (SSSR count). The lowest BCUT2D eigenvalue weighted by molar-refractivity contribution is 0.403. The van der Waals surface area contributed by atoms with Gasteiger partial charge in [0.15, 0.2) is 11.6 Å². The number of hydrogen-bond acceptors (Lipinski definition) is 4. The summed E-state index contributed by atoms with van der Waals surface area (Å²) >= 11 is 0. The van der Waals surface area contributed by atoms with Crippen LogP contribution in [0.2, 0.25) is 0 Å². The fraction of sp³-hybridized carbons (Fsp3) is 0.400. The lowest BCUT2D eigenvalue weighted by atomic mass is 10.1.